The molecular formula is C35H44Cl3N3. The molecule has 1 fully saturated rings. The van der Waals surface area contributed by atoms with Gasteiger partial charge in [0.1, 0.15) is 0 Å². The number of aryl methyl sites for hydroxylation is 4. The molecule has 0 amide bonds. The molecule has 4 aromatic rings. The highest BCUT2D eigenvalue weighted by Crippen LogP contribution is 2.29. The maximum Gasteiger partial charge on any atom is 0.0705 e. The lowest BCUT2D eigenvalue weighted by Gasteiger charge is -2.35. The van der Waals surface area contributed by atoms with Crippen LogP contribution in [0.15, 0.2) is 66.9 Å². The number of hydrogen-bond donors (Lipinski definition) is 0. The topological polar surface area (TPSA) is 19.4 Å². The Hall–Kier alpha value is -2.40. The molecule has 2 heterocycles. The van der Waals surface area contributed by atoms with Crippen molar-refractivity contribution in [3.63, 3.8) is 0 Å². The summed E-state index contributed by atoms with van der Waals surface area (Å²) in [6, 6.07) is 22.6. The quantitative estimate of drug-likeness (QED) is 0.217. The number of piperazine rings is 1. The van der Waals surface area contributed by atoms with E-state index in [0.29, 0.717) is 0 Å². The van der Waals surface area contributed by atoms with Gasteiger partial charge in [-0.1, -0.05) is 36.4 Å². The SMILES string of the molecule is Cc1cc(-c2cc(CN3CCN(Cc4ccccc4-c4cc(C)c(C)c(C)c4)CC3)ccn2)cc(C)c1C.Cl.Cl.Cl. The summed E-state index contributed by atoms with van der Waals surface area (Å²) < 4.78 is 0. The summed E-state index contributed by atoms with van der Waals surface area (Å²) in [5, 5.41) is 0. The Kier molecular flexibility index (Phi) is 12.9. The van der Waals surface area contributed by atoms with E-state index >= 15 is 0 Å². The highest BCUT2D eigenvalue weighted by molar-refractivity contribution is 5.86. The molecule has 41 heavy (non-hydrogen) atoms. The first-order valence-electron chi connectivity index (χ1n) is 13.9. The largest absolute Gasteiger partial charge is 0.297 e. The first-order chi connectivity index (χ1) is 18.3. The Bertz CT molecular complexity index is 1410. The van der Waals surface area contributed by atoms with Crippen LogP contribution in [-0.4, -0.2) is 41.0 Å². The van der Waals surface area contributed by atoms with Crippen LogP contribution < -0.4 is 0 Å². The lowest BCUT2D eigenvalue weighted by Crippen LogP contribution is -2.45. The van der Waals surface area contributed by atoms with E-state index in [4.69, 9.17) is 4.98 Å². The summed E-state index contributed by atoms with van der Waals surface area (Å²) in [6.45, 7) is 19.6. The average molecular weight is 613 g/mol. The van der Waals surface area contributed by atoms with E-state index < -0.39 is 0 Å². The third-order valence-corrected chi connectivity index (χ3v) is 8.57. The molecule has 0 saturated carbocycles. The zero-order chi connectivity index (χ0) is 26.8. The molecule has 0 bridgehead atoms. The highest BCUT2D eigenvalue weighted by atomic mass is 35.5. The Balaban J connectivity index is 0.00000196. The zero-order valence-corrected chi connectivity index (χ0v) is 27.6. The first kappa shape index (κ1) is 34.8. The molecule has 0 radical (unpaired) electrons. The molecule has 1 aliphatic heterocycles. The molecule has 0 spiro atoms. The van der Waals surface area contributed by atoms with Crippen LogP contribution in [0.5, 0.6) is 0 Å². The van der Waals surface area contributed by atoms with Gasteiger partial charge in [0, 0.05) is 51.0 Å². The van der Waals surface area contributed by atoms with Crippen molar-refractivity contribution in [3.8, 4) is 22.4 Å². The van der Waals surface area contributed by atoms with Gasteiger partial charge in [-0.2, -0.15) is 0 Å². The van der Waals surface area contributed by atoms with Gasteiger partial charge in [-0.25, -0.2) is 0 Å². The number of pyridine rings is 1. The summed E-state index contributed by atoms with van der Waals surface area (Å²) in [4.78, 5) is 9.89. The molecule has 0 unspecified atom stereocenters. The number of nitrogens with zero attached hydrogens (tertiary/aromatic N) is 3. The number of halogens is 3. The van der Waals surface area contributed by atoms with Crippen LogP contribution >= 0.6 is 37.2 Å². The number of hydrogen-bond acceptors (Lipinski definition) is 3. The minimum Gasteiger partial charge on any atom is -0.297 e. The minimum atomic E-state index is 0. The van der Waals surface area contributed by atoms with Crippen LogP contribution in [-0.2, 0) is 13.1 Å². The molecule has 0 atom stereocenters. The maximum atomic E-state index is 4.70. The predicted octanol–water partition coefficient (Wildman–Crippen LogP) is 8.85. The van der Waals surface area contributed by atoms with Crippen LogP contribution in [0, 0.1) is 41.5 Å². The first-order valence-corrected chi connectivity index (χ1v) is 13.9. The van der Waals surface area contributed by atoms with Crippen molar-refractivity contribution >= 4 is 37.2 Å². The maximum absolute atomic E-state index is 4.70. The van der Waals surface area contributed by atoms with Crippen LogP contribution in [0.1, 0.15) is 44.5 Å². The van der Waals surface area contributed by atoms with Crippen molar-refractivity contribution in [2.75, 3.05) is 26.2 Å². The monoisotopic (exact) mass is 611 g/mol. The van der Waals surface area contributed by atoms with E-state index in [-0.39, 0.29) is 37.2 Å². The summed E-state index contributed by atoms with van der Waals surface area (Å²) >= 11 is 0. The van der Waals surface area contributed by atoms with E-state index in [1.165, 1.54) is 61.2 Å². The van der Waals surface area contributed by atoms with E-state index in [1.807, 2.05) is 6.20 Å². The zero-order valence-electron chi connectivity index (χ0n) is 25.2. The molecule has 1 aliphatic rings. The van der Waals surface area contributed by atoms with E-state index in [9.17, 15) is 0 Å². The number of aromatic nitrogens is 1. The van der Waals surface area contributed by atoms with Crippen LogP contribution in [0.2, 0.25) is 0 Å². The standard InChI is InChI=1S/C35H41N3.3ClH/c1-24-17-32(18-25(2)28(24)5)34-10-8-7-9-31(34)23-38-15-13-37(14-16-38)22-30-11-12-36-35(21-30)33-19-26(3)29(6)27(4)20-33;;;/h7-12,17-21H,13-16,22-23H2,1-6H3;3*1H. The number of rotatable bonds is 6. The van der Waals surface area contributed by atoms with E-state index in [1.54, 1.807) is 0 Å². The molecule has 1 saturated heterocycles. The fourth-order valence-corrected chi connectivity index (χ4v) is 5.65. The van der Waals surface area contributed by atoms with Crippen LogP contribution in [0.3, 0.4) is 0 Å². The fourth-order valence-electron chi connectivity index (χ4n) is 5.65. The Morgan fingerprint density at radius 2 is 1.07 bits per heavy atom. The second-order valence-corrected chi connectivity index (χ2v) is 11.2. The third-order valence-electron chi connectivity index (χ3n) is 8.57. The molecule has 220 valence electrons. The van der Waals surface area contributed by atoms with Gasteiger partial charge in [0.15, 0.2) is 0 Å². The average Bonchev–Trinajstić information content (AvgIpc) is 2.91. The molecule has 0 N–H and O–H groups in total. The lowest BCUT2D eigenvalue weighted by molar-refractivity contribution is 0.122. The third kappa shape index (κ3) is 8.12. The van der Waals surface area contributed by atoms with Gasteiger partial charge in [0.25, 0.3) is 0 Å². The molecule has 6 heteroatoms. The van der Waals surface area contributed by atoms with Gasteiger partial charge in [-0.3, -0.25) is 14.8 Å². The van der Waals surface area contributed by atoms with Crippen molar-refractivity contribution < 1.29 is 0 Å². The van der Waals surface area contributed by atoms with Crippen LogP contribution in [0.25, 0.3) is 22.4 Å². The van der Waals surface area contributed by atoms with Crippen molar-refractivity contribution in [1.82, 2.24) is 14.8 Å². The smallest absolute Gasteiger partial charge is 0.0705 e. The second-order valence-electron chi connectivity index (χ2n) is 11.2. The lowest BCUT2D eigenvalue weighted by atomic mass is 9.93. The van der Waals surface area contributed by atoms with Gasteiger partial charge in [-0.05, 0) is 121 Å². The summed E-state index contributed by atoms with van der Waals surface area (Å²) in [5.74, 6) is 0. The van der Waals surface area contributed by atoms with Gasteiger partial charge in [0.05, 0.1) is 5.69 Å². The Morgan fingerprint density at radius 1 is 0.585 bits per heavy atom. The minimum absolute atomic E-state index is 0. The van der Waals surface area contributed by atoms with Gasteiger partial charge in [0.2, 0.25) is 0 Å². The Labute approximate surface area is 265 Å². The second kappa shape index (κ2) is 15.2. The molecular weight excluding hydrogens is 569 g/mol. The van der Waals surface area contributed by atoms with Crippen molar-refractivity contribution in [2.24, 2.45) is 0 Å². The Morgan fingerprint density at radius 3 is 1.63 bits per heavy atom. The van der Waals surface area contributed by atoms with Gasteiger partial charge < -0.3 is 0 Å². The normalized spacial score (nSPS) is 13.6. The molecule has 3 nitrogen and oxygen atoms in total. The molecule has 1 aromatic heterocycles. The fraction of sp³-hybridized carbons (Fsp3) is 0.343. The summed E-state index contributed by atoms with van der Waals surface area (Å²) in [7, 11) is 0. The number of benzene rings is 3. The molecule has 3 aromatic carbocycles. The summed E-state index contributed by atoms with van der Waals surface area (Å²) in [5.41, 5.74) is 15.9. The predicted molar refractivity (Wildman–Crippen MR) is 182 cm³/mol. The van der Waals surface area contributed by atoms with Gasteiger partial charge in [-0.15, -0.1) is 37.2 Å². The molecule has 0 aliphatic carbocycles. The van der Waals surface area contributed by atoms with E-state index in [0.717, 1.165) is 45.0 Å². The van der Waals surface area contributed by atoms with Crippen LogP contribution in [0.4, 0.5) is 0 Å². The van der Waals surface area contributed by atoms with Crippen molar-refractivity contribution in [3.05, 3.63) is 111 Å². The van der Waals surface area contributed by atoms with E-state index in [2.05, 4.69) is 112 Å². The van der Waals surface area contributed by atoms with Crippen molar-refractivity contribution in [1.29, 1.82) is 0 Å². The summed E-state index contributed by atoms with van der Waals surface area (Å²) in [6.07, 6.45) is 1.97. The highest BCUT2D eigenvalue weighted by Gasteiger charge is 2.19. The van der Waals surface area contributed by atoms with Gasteiger partial charge >= 0.3 is 0 Å². The van der Waals surface area contributed by atoms with Crippen molar-refractivity contribution in [2.45, 2.75) is 54.6 Å². The molecule has 5 rings (SSSR count).